The molecule has 3 heterocycles. The molecule has 1 amide bonds. The zero-order valence-corrected chi connectivity index (χ0v) is 20.0. The monoisotopic (exact) mass is 509 g/mol. The van der Waals surface area contributed by atoms with Gasteiger partial charge in [-0.05, 0) is 36.1 Å². The number of rotatable bonds is 9. The van der Waals surface area contributed by atoms with E-state index >= 15 is 0 Å². The largest absolute Gasteiger partial charge is 0.493 e. The highest BCUT2D eigenvalue weighted by molar-refractivity contribution is 5.84. The Morgan fingerprint density at radius 1 is 1.31 bits per heavy atom. The number of nitrogens with one attached hydrogen (secondary N) is 2. The first-order chi connectivity index (χ1) is 17.1. The highest BCUT2D eigenvalue weighted by Crippen LogP contribution is 2.39. The Kier molecular flexibility index (Phi) is 7.60. The van der Waals surface area contributed by atoms with E-state index in [4.69, 9.17) is 4.74 Å². The van der Waals surface area contributed by atoms with Crippen LogP contribution in [0.1, 0.15) is 49.0 Å². The first-order valence-corrected chi connectivity index (χ1v) is 12.0. The van der Waals surface area contributed by atoms with Crippen molar-refractivity contribution >= 4 is 17.8 Å². The lowest BCUT2D eigenvalue weighted by Gasteiger charge is -2.33. The second-order valence-electron chi connectivity index (χ2n) is 9.10. The number of alkyl halides is 3. The van der Waals surface area contributed by atoms with Crippen molar-refractivity contribution in [2.24, 2.45) is 5.92 Å². The third-order valence-electron chi connectivity index (χ3n) is 6.36. The minimum absolute atomic E-state index is 0.0650. The molecule has 2 aliphatic heterocycles. The van der Waals surface area contributed by atoms with Gasteiger partial charge in [-0.2, -0.15) is 13.2 Å². The van der Waals surface area contributed by atoms with Gasteiger partial charge in [0.25, 0.3) is 0 Å². The third-order valence-corrected chi connectivity index (χ3v) is 6.36. The minimum atomic E-state index is -4.61. The molecule has 2 aliphatic rings. The molecule has 12 heteroatoms. The van der Waals surface area contributed by atoms with Gasteiger partial charge in [-0.25, -0.2) is 9.66 Å². The minimum Gasteiger partial charge on any atom is -0.493 e. The number of anilines is 1. The fourth-order valence-electron chi connectivity index (χ4n) is 4.82. The summed E-state index contributed by atoms with van der Waals surface area (Å²) < 4.78 is 48.1. The maximum absolute atomic E-state index is 13.5. The first-order valence-electron chi connectivity index (χ1n) is 12.0. The van der Waals surface area contributed by atoms with Gasteiger partial charge in [0.05, 0.1) is 36.9 Å². The SMILES string of the molecule is CCCC1c2cc(OCCc3cn4c(n3)NCCN4)ccc2CC(CC(=O)O)C(=O)N1CC(F)(F)F. The summed E-state index contributed by atoms with van der Waals surface area (Å²) in [6.07, 6.45) is -1.80. The molecular formula is C24H30F3N5O4. The van der Waals surface area contributed by atoms with E-state index in [-0.39, 0.29) is 6.42 Å². The van der Waals surface area contributed by atoms with Crippen LogP contribution in [0.2, 0.25) is 0 Å². The van der Waals surface area contributed by atoms with Crippen LogP contribution in [0.4, 0.5) is 19.1 Å². The number of aliphatic carboxylic acids is 1. The summed E-state index contributed by atoms with van der Waals surface area (Å²) in [6.45, 7) is 2.28. The van der Waals surface area contributed by atoms with Gasteiger partial charge in [-0.3, -0.25) is 9.59 Å². The molecule has 9 nitrogen and oxygen atoms in total. The Morgan fingerprint density at radius 2 is 2.11 bits per heavy atom. The van der Waals surface area contributed by atoms with Crippen molar-refractivity contribution in [1.82, 2.24) is 14.6 Å². The molecule has 2 unspecified atom stereocenters. The Balaban J connectivity index is 1.56. The van der Waals surface area contributed by atoms with E-state index in [1.165, 1.54) is 0 Å². The molecule has 2 atom stereocenters. The summed E-state index contributed by atoms with van der Waals surface area (Å²) in [5.74, 6) is -1.86. The van der Waals surface area contributed by atoms with Crippen molar-refractivity contribution in [2.75, 3.05) is 37.0 Å². The van der Waals surface area contributed by atoms with Crippen molar-refractivity contribution in [2.45, 2.75) is 51.2 Å². The van der Waals surface area contributed by atoms with Gasteiger partial charge in [-0.15, -0.1) is 0 Å². The number of carboxylic acids is 1. The van der Waals surface area contributed by atoms with E-state index in [1.54, 1.807) is 18.2 Å². The molecular weight excluding hydrogens is 479 g/mol. The highest BCUT2D eigenvalue weighted by Gasteiger charge is 2.42. The molecule has 1 aromatic heterocycles. The Labute approximate surface area is 206 Å². The summed E-state index contributed by atoms with van der Waals surface area (Å²) in [5, 5.41) is 12.5. The number of halogens is 3. The smallest absolute Gasteiger partial charge is 0.406 e. The van der Waals surface area contributed by atoms with Crippen LogP contribution in [0.5, 0.6) is 5.75 Å². The van der Waals surface area contributed by atoms with E-state index < -0.39 is 43.0 Å². The topological polar surface area (TPSA) is 109 Å². The lowest BCUT2D eigenvalue weighted by atomic mass is 9.92. The van der Waals surface area contributed by atoms with Gasteiger partial charge >= 0.3 is 12.1 Å². The molecule has 2 aromatic rings. The first kappa shape index (κ1) is 25.6. The van der Waals surface area contributed by atoms with Gasteiger partial charge in [0, 0.05) is 19.5 Å². The number of carboxylic acid groups (broad SMARTS) is 1. The molecule has 4 rings (SSSR count). The fourth-order valence-corrected chi connectivity index (χ4v) is 4.82. The van der Waals surface area contributed by atoms with Crippen LogP contribution in [-0.2, 0) is 22.4 Å². The van der Waals surface area contributed by atoms with Gasteiger partial charge in [-0.1, -0.05) is 19.4 Å². The number of aromatic nitrogens is 2. The van der Waals surface area contributed by atoms with Gasteiger partial charge in [0.1, 0.15) is 12.3 Å². The molecule has 0 aliphatic carbocycles. The summed E-state index contributed by atoms with van der Waals surface area (Å²) in [4.78, 5) is 29.8. The number of fused-ring (bicyclic) bond motifs is 2. The van der Waals surface area contributed by atoms with Gasteiger partial charge in [0.2, 0.25) is 11.9 Å². The quantitative estimate of drug-likeness (QED) is 0.476. The van der Waals surface area contributed by atoms with E-state index in [0.717, 1.165) is 29.6 Å². The van der Waals surface area contributed by atoms with Crippen molar-refractivity contribution in [3.8, 4) is 5.75 Å². The number of nitrogens with zero attached hydrogens (tertiary/aromatic N) is 3. The molecule has 0 saturated heterocycles. The van der Waals surface area contributed by atoms with E-state index in [9.17, 15) is 27.9 Å². The van der Waals surface area contributed by atoms with Crippen LogP contribution >= 0.6 is 0 Å². The molecule has 0 radical (unpaired) electrons. The van der Waals surface area contributed by atoms with Crippen LogP contribution in [0.3, 0.4) is 0 Å². The van der Waals surface area contributed by atoms with Crippen molar-refractivity contribution in [3.05, 3.63) is 41.2 Å². The summed E-state index contributed by atoms with van der Waals surface area (Å²) >= 11 is 0. The molecule has 0 saturated carbocycles. The van der Waals surface area contributed by atoms with E-state index in [1.807, 2.05) is 17.8 Å². The Hall–Kier alpha value is -3.44. The molecule has 3 N–H and O–H groups in total. The number of benzene rings is 1. The van der Waals surface area contributed by atoms with Crippen LogP contribution < -0.4 is 15.5 Å². The summed E-state index contributed by atoms with van der Waals surface area (Å²) in [6, 6.07) is 4.32. The van der Waals surface area contributed by atoms with Crippen LogP contribution in [0, 0.1) is 5.92 Å². The normalized spacial score (nSPS) is 19.6. The molecule has 0 bridgehead atoms. The van der Waals surface area contributed by atoms with Crippen molar-refractivity contribution in [1.29, 1.82) is 0 Å². The number of carbonyl (C=O) groups excluding carboxylic acids is 1. The zero-order chi connectivity index (χ0) is 25.9. The number of ether oxygens (including phenoxy) is 1. The summed E-state index contributed by atoms with van der Waals surface area (Å²) in [5.41, 5.74) is 5.26. The number of hydrogen-bond donors (Lipinski definition) is 3. The molecule has 36 heavy (non-hydrogen) atoms. The Bertz CT molecular complexity index is 1080. The average molecular weight is 510 g/mol. The fraction of sp³-hybridized carbons (Fsp3) is 0.542. The van der Waals surface area contributed by atoms with E-state index in [0.29, 0.717) is 42.7 Å². The third kappa shape index (κ3) is 6.03. The zero-order valence-electron chi connectivity index (χ0n) is 20.0. The van der Waals surface area contributed by atoms with E-state index in [2.05, 4.69) is 15.7 Å². The maximum Gasteiger partial charge on any atom is 0.406 e. The van der Waals surface area contributed by atoms with Crippen LogP contribution in [-0.4, -0.2) is 64.0 Å². The maximum atomic E-state index is 13.5. The standard InChI is InChI=1S/C24H30F3N5O4/c1-2-3-20-19-12-18(36-9-6-17-13-32-23(30-17)28-7-8-29-32)5-4-15(19)10-16(11-21(33)34)22(35)31(20)14-24(25,26)27/h4-5,12-13,16,20,29H,2-3,6-11,14H2,1H3,(H,28,30)(H,33,34). The number of carbonyl (C=O) groups is 2. The van der Waals surface area contributed by atoms with Crippen molar-refractivity contribution in [3.63, 3.8) is 0 Å². The van der Waals surface area contributed by atoms with Crippen LogP contribution in [0.15, 0.2) is 24.4 Å². The second kappa shape index (κ2) is 10.7. The van der Waals surface area contributed by atoms with Gasteiger partial charge < -0.3 is 25.5 Å². The average Bonchev–Trinajstić information content (AvgIpc) is 3.19. The lowest BCUT2D eigenvalue weighted by molar-refractivity contribution is -0.169. The second-order valence-corrected chi connectivity index (χ2v) is 9.10. The van der Waals surface area contributed by atoms with Crippen LogP contribution in [0.25, 0.3) is 0 Å². The molecule has 1 aromatic carbocycles. The number of hydrogen-bond acceptors (Lipinski definition) is 6. The van der Waals surface area contributed by atoms with Crippen molar-refractivity contribution < 1.29 is 32.6 Å². The predicted octanol–water partition coefficient (Wildman–Crippen LogP) is 3.35. The van der Waals surface area contributed by atoms with Gasteiger partial charge in [0.15, 0.2) is 0 Å². The lowest BCUT2D eigenvalue weighted by Crippen LogP contribution is -2.43. The predicted molar refractivity (Wildman–Crippen MR) is 125 cm³/mol. The molecule has 0 fully saturated rings. The highest BCUT2D eigenvalue weighted by atomic mass is 19.4. The Morgan fingerprint density at radius 3 is 2.81 bits per heavy atom. The molecule has 0 spiro atoms. The molecule has 196 valence electrons. The number of imidazole rings is 1. The number of amides is 1. The summed E-state index contributed by atoms with van der Waals surface area (Å²) in [7, 11) is 0.